The number of hydrogen-bond donors (Lipinski definition) is 0. The second kappa shape index (κ2) is 11.3. The summed E-state index contributed by atoms with van der Waals surface area (Å²) in [4.78, 5) is 10.8. The Labute approximate surface area is 314 Å². The first-order chi connectivity index (χ1) is 26.8. The summed E-state index contributed by atoms with van der Waals surface area (Å²) in [5, 5.41) is 12.4. The Morgan fingerprint density at radius 1 is 0.426 bits per heavy atom. The van der Waals surface area contributed by atoms with Gasteiger partial charge in [0, 0.05) is 48.4 Å². The smallest absolute Gasteiger partial charge is 0.0979 e. The molecule has 0 atom stereocenters. The minimum atomic E-state index is 0.888. The van der Waals surface area contributed by atoms with Crippen LogP contribution in [-0.2, 0) is 0 Å². The number of hydrogen-bond acceptors (Lipinski definition) is 3. The Bertz CT molecular complexity index is 3490. The van der Waals surface area contributed by atoms with Crippen molar-refractivity contribution in [3.8, 4) is 28.2 Å². The summed E-state index contributed by atoms with van der Waals surface area (Å²) in [6, 6.07) is 63.3. The average Bonchev–Trinajstić information content (AvgIpc) is 3.80. The molecule has 4 heteroatoms. The van der Waals surface area contributed by atoms with Gasteiger partial charge in [0.1, 0.15) is 0 Å². The lowest BCUT2D eigenvalue weighted by Gasteiger charge is -2.14. The van der Waals surface area contributed by atoms with Crippen molar-refractivity contribution in [2.75, 3.05) is 0 Å². The first kappa shape index (κ1) is 29.7. The van der Waals surface area contributed by atoms with Crippen LogP contribution in [0.3, 0.4) is 0 Å². The summed E-state index contributed by atoms with van der Waals surface area (Å²) >= 11 is 1.90. The van der Waals surface area contributed by atoms with Gasteiger partial charge in [-0.05, 0) is 57.3 Å². The minimum Gasteiger partial charge on any atom is -0.308 e. The zero-order valence-electron chi connectivity index (χ0n) is 29.0. The van der Waals surface area contributed by atoms with E-state index >= 15 is 0 Å². The third kappa shape index (κ3) is 4.17. The highest BCUT2D eigenvalue weighted by Crippen LogP contribution is 2.48. The predicted octanol–water partition coefficient (Wildman–Crippen LogP) is 13.9. The molecule has 0 N–H and O–H groups in total. The molecule has 0 amide bonds. The van der Waals surface area contributed by atoms with Gasteiger partial charge < -0.3 is 4.57 Å². The minimum absolute atomic E-state index is 0.888. The molecule has 0 radical (unpaired) electrons. The third-order valence-corrected chi connectivity index (χ3v) is 12.3. The van der Waals surface area contributed by atoms with E-state index in [0.717, 1.165) is 50.0 Å². The fourth-order valence-corrected chi connectivity index (χ4v) is 10.0. The standard InChI is InChI=1S/C50H29N3S/c1-3-13-31(14-4-1)46-47(32-15-5-2-6-16-32)52-48-40(51-46)28-25-30-23-24-33-29-34(26-27-35(33)43(30)48)53-41-21-11-9-19-38(41)44-36-17-7-8-18-37(36)45-39-20-10-12-22-42(39)54-50(45)49(44)53/h1-29H. The molecule has 0 spiro atoms. The van der Waals surface area contributed by atoms with Crippen molar-refractivity contribution < 1.29 is 0 Å². The van der Waals surface area contributed by atoms with Crippen molar-refractivity contribution in [2.45, 2.75) is 0 Å². The van der Waals surface area contributed by atoms with Crippen LogP contribution >= 0.6 is 11.3 Å². The highest BCUT2D eigenvalue weighted by atomic mass is 32.1. The lowest BCUT2D eigenvalue weighted by Crippen LogP contribution is -1.97. The van der Waals surface area contributed by atoms with E-state index in [9.17, 15) is 0 Å². The van der Waals surface area contributed by atoms with Crippen LogP contribution < -0.4 is 0 Å². The molecule has 12 aromatic rings. The van der Waals surface area contributed by atoms with Gasteiger partial charge in [-0.3, -0.25) is 0 Å². The van der Waals surface area contributed by atoms with Crippen LogP contribution in [0.15, 0.2) is 176 Å². The van der Waals surface area contributed by atoms with Gasteiger partial charge in [-0.2, -0.15) is 0 Å². The SMILES string of the molecule is c1ccc(-c2nc3ccc4ccc5cc(-n6c7ccccc7c7c8ccccc8c8c9ccccc9sc8c76)ccc5c4c3nc2-c2ccccc2)cc1. The van der Waals surface area contributed by atoms with Gasteiger partial charge in [-0.15, -0.1) is 11.3 Å². The van der Waals surface area contributed by atoms with E-state index in [2.05, 4.69) is 168 Å². The fourth-order valence-electron chi connectivity index (χ4n) is 8.78. The maximum atomic E-state index is 5.47. The molecule has 12 rings (SSSR count). The highest BCUT2D eigenvalue weighted by Gasteiger charge is 2.22. The van der Waals surface area contributed by atoms with Crippen LogP contribution in [-0.4, -0.2) is 14.5 Å². The molecule has 0 aliphatic carbocycles. The highest BCUT2D eigenvalue weighted by molar-refractivity contribution is 7.27. The molecule has 3 aromatic heterocycles. The Balaban J connectivity index is 1.17. The molecule has 0 aliphatic heterocycles. The molecular weight excluding hydrogens is 675 g/mol. The molecule has 54 heavy (non-hydrogen) atoms. The monoisotopic (exact) mass is 703 g/mol. The van der Waals surface area contributed by atoms with Gasteiger partial charge in [0.15, 0.2) is 0 Å². The van der Waals surface area contributed by atoms with Crippen LogP contribution in [0.25, 0.3) is 114 Å². The van der Waals surface area contributed by atoms with Crippen molar-refractivity contribution >= 4 is 96.7 Å². The summed E-state index contributed by atoms with van der Waals surface area (Å²) in [6.07, 6.45) is 0. The van der Waals surface area contributed by atoms with E-state index in [4.69, 9.17) is 9.97 Å². The zero-order valence-corrected chi connectivity index (χ0v) is 29.8. The van der Waals surface area contributed by atoms with Crippen molar-refractivity contribution in [1.29, 1.82) is 0 Å². The second-order valence-corrected chi connectivity index (χ2v) is 15.1. The Kier molecular flexibility index (Phi) is 6.21. The number of benzene rings is 9. The maximum Gasteiger partial charge on any atom is 0.0979 e. The van der Waals surface area contributed by atoms with E-state index in [-0.39, 0.29) is 0 Å². The van der Waals surface area contributed by atoms with Gasteiger partial charge in [0.2, 0.25) is 0 Å². The Morgan fingerprint density at radius 3 is 1.81 bits per heavy atom. The molecule has 0 unspecified atom stereocenters. The van der Waals surface area contributed by atoms with Crippen LogP contribution in [0.4, 0.5) is 0 Å². The average molecular weight is 704 g/mol. The second-order valence-electron chi connectivity index (χ2n) is 14.1. The molecule has 3 heterocycles. The van der Waals surface area contributed by atoms with Gasteiger partial charge in [-0.25, -0.2) is 9.97 Å². The van der Waals surface area contributed by atoms with Crippen LogP contribution in [0.2, 0.25) is 0 Å². The summed E-state index contributed by atoms with van der Waals surface area (Å²) in [7, 11) is 0. The lowest BCUT2D eigenvalue weighted by molar-refractivity contribution is 1.19. The van der Waals surface area contributed by atoms with Crippen molar-refractivity contribution in [3.05, 3.63) is 176 Å². The summed E-state index contributed by atoms with van der Waals surface area (Å²) < 4.78 is 5.13. The Hall–Kier alpha value is -6.88. The molecule has 0 saturated heterocycles. The number of fused-ring (bicyclic) bond motifs is 15. The molecule has 250 valence electrons. The Morgan fingerprint density at radius 2 is 1.04 bits per heavy atom. The van der Waals surface area contributed by atoms with Gasteiger partial charge in [0.25, 0.3) is 0 Å². The lowest BCUT2D eigenvalue weighted by atomic mass is 9.98. The first-order valence-electron chi connectivity index (χ1n) is 18.3. The number of aromatic nitrogens is 3. The summed E-state index contributed by atoms with van der Waals surface area (Å²) in [5.41, 5.74) is 9.31. The van der Waals surface area contributed by atoms with E-state index in [0.29, 0.717) is 0 Å². The largest absolute Gasteiger partial charge is 0.308 e. The number of thiophene rings is 1. The molecule has 0 aliphatic rings. The quantitative estimate of drug-likeness (QED) is 0.172. The van der Waals surface area contributed by atoms with Crippen molar-refractivity contribution in [1.82, 2.24) is 14.5 Å². The van der Waals surface area contributed by atoms with Crippen molar-refractivity contribution in [2.24, 2.45) is 0 Å². The third-order valence-electron chi connectivity index (χ3n) is 11.1. The molecule has 0 bridgehead atoms. The molecule has 9 aromatic carbocycles. The predicted molar refractivity (Wildman–Crippen MR) is 230 cm³/mol. The number of para-hydroxylation sites is 1. The van der Waals surface area contributed by atoms with Gasteiger partial charge in [-0.1, -0.05) is 146 Å². The number of nitrogens with zero attached hydrogens (tertiary/aromatic N) is 3. The molecule has 3 nitrogen and oxygen atoms in total. The van der Waals surface area contributed by atoms with E-state index in [1.165, 1.54) is 63.5 Å². The summed E-state index contributed by atoms with van der Waals surface area (Å²) in [6.45, 7) is 0. The molecular formula is C50H29N3S. The maximum absolute atomic E-state index is 5.47. The van der Waals surface area contributed by atoms with Crippen LogP contribution in [0.1, 0.15) is 0 Å². The van der Waals surface area contributed by atoms with E-state index in [1.807, 2.05) is 23.5 Å². The van der Waals surface area contributed by atoms with E-state index in [1.54, 1.807) is 0 Å². The van der Waals surface area contributed by atoms with Crippen LogP contribution in [0, 0.1) is 0 Å². The van der Waals surface area contributed by atoms with Gasteiger partial charge >= 0.3 is 0 Å². The normalized spacial score (nSPS) is 12.1. The van der Waals surface area contributed by atoms with Crippen molar-refractivity contribution in [3.63, 3.8) is 0 Å². The zero-order chi connectivity index (χ0) is 35.3. The number of rotatable bonds is 3. The van der Waals surface area contributed by atoms with Gasteiger partial charge in [0.05, 0.1) is 38.2 Å². The topological polar surface area (TPSA) is 30.7 Å². The fraction of sp³-hybridized carbons (Fsp3) is 0. The first-order valence-corrected chi connectivity index (χ1v) is 19.2. The van der Waals surface area contributed by atoms with E-state index < -0.39 is 0 Å². The molecule has 0 saturated carbocycles. The summed E-state index contributed by atoms with van der Waals surface area (Å²) in [5.74, 6) is 0. The van der Waals surface area contributed by atoms with Crippen LogP contribution in [0.5, 0.6) is 0 Å². The molecule has 0 fully saturated rings.